The van der Waals surface area contributed by atoms with Crippen LogP contribution < -0.4 is 5.32 Å². The molecule has 10 heavy (non-hydrogen) atoms. The van der Waals surface area contributed by atoms with Gasteiger partial charge < -0.3 is 5.32 Å². The summed E-state index contributed by atoms with van der Waals surface area (Å²) in [5.41, 5.74) is 0. The normalized spacial score (nSPS) is 24.3. The van der Waals surface area contributed by atoms with E-state index >= 15 is 0 Å². The lowest BCUT2D eigenvalue weighted by Crippen LogP contribution is -2.26. The first kappa shape index (κ1) is 7.32. The maximum absolute atomic E-state index is 11.0. The van der Waals surface area contributed by atoms with Crippen molar-refractivity contribution in [1.29, 1.82) is 0 Å². The molecule has 56 valence electrons. The van der Waals surface area contributed by atoms with Crippen molar-refractivity contribution >= 4 is 5.91 Å². The average molecular weight is 139 g/mol. The zero-order valence-electron chi connectivity index (χ0n) is 6.26. The van der Waals surface area contributed by atoms with E-state index in [-0.39, 0.29) is 11.8 Å². The number of amides is 1. The Kier molecular flexibility index (Phi) is 2.49. The topological polar surface area (TPSA) is 29.1 Å². The second-order valence-corrected chi connectivity index (χ2v) is 2.58. The number of allylic oxidation sites excluding steroid dienone is 1. The Morgan fingerprint density at radius 2 is 2.50 bits per heavy atom. The Morgan fingerprint density at radius 3 is 3.00 bits per heavy atom. The van der Waals surface area contributed by atoms with Crippen LogP contribution in [0.4, 0.5) is 0 Å². The van der Waals surface area contributed by atoms with Gasteiger partial charge in [0.15, 0.2) is 0 Å². The summed E-state index contributed by atoms with van der Waals surface area (Å²) in [5, 5.41) is 2.64. The molecule has 0 bridgehead atoms. The van der Waals surface area contributed by atoms with Crippen LogP contribution >= 0.6 is 0 Å². The van der Waals surface area contributed by atoms with Crippen LogP contribution in [0.25, 0.3) is 0 Å². The minimum atomic E-state index is 0.138. The van der Waals surface area contributed by atoms with Gasteiger partial charge in [-0.1, -0.05) is 12.2 Å². The molecule has 1 atom stereocenters. The zero-order valence-corrected chi connectivity index (χ0v) is 6.26. The fourth-order valence-corrected chi connectivity index (χ4v) is 1.22. The molecule has 0 spiro atoms. The number of hydrogen-bond donors (Lipinski definition) is 1. The number of hydrogen-bond acceptors (Lipinski definition) is 1. The minimum Gasteiger partial charge on any atom is -0.359 e. The molecule has 0 saturated heterocycles. The molecule has 0 saturated carbocycles. The van der Waals surface area contributed by atoms with Gasteiger partial charge in [0.05, 0.1) is 5.92 Å². The molecule has 0 heterocycles. The Hall–Kier alpha value is -0.790. The number of carbonyl (C=O) groups is 1. The number of carbonyl (C=O) groups excluding carboxylic acids is 1. The fourth-order valence-electron chi connectivity index (χ4n) is 1.22. The average Bonchev–Trinajstić information content (AvgIpc) is 2.05. The van der Waals surface area contributed by atoms with Crippen LogP contribution in [0.2, 0.25) is 0 Å². The molecule has 0 aromatic heterocycles. The van der Waals surface area contributed by atoms with E-state index in [1.165, 1.54) is 0 Å². The van der Waals surface area contributed by atoms with Crippen LogP contribution in [0.5, 0.6) is 0 Å². The van der Waals surface area contributed by atoms with Crippen molar-refractivity contribution in [3.8, 4) is 0 Å². The highest BCUT2D eigenvalue weighted by molar-refractivity contribution is 5.80. The predicted octanol–water partition coefficient (Wildman–Crippen LogP) is 1.09. The van der Waals surface area contributed by atoms with E-state index in [1.807, 2.05) is 6.08 Å². The standard InChI is InChI=1S/C8H13NO/c1-9-8(10)7-5-3-2-4-6-7/h3,5,7H,2,4,6H2,1H3,(H,9,10)/t7-/m0/s1. The van der Waals surface area contributed by atoms with Gasteiger partial charge in [-0.2, -0.15) is 0 Å². The molecule has 0 aromatic carbocycles. The largest absolute Gasteiger partial charge is 0.359 e. The van der Waals surface area contributed by atoms with E-state index in [9.17, 15) is 4.79 Å². The molecule has 0 unspecified atom stereocenters. The molecule has 0 fully saturated rings. The third-order valence-corrected chi connectivity index (χ3v) is 1.84. The highest BCUT2D eigenvalue weighted by Gasteiger charge is 2.14. The molecular weight excluding hydrogens is 126 g/mol. The van der Waals surface area contributed by atoms with Crippen molar-refractivity contribution < 1.29 is 4.79 Å². The number of rotatable bonds is 1. The van der Waals surface area contributed by atoms with Crippen LogP contribution in [0.1, 0.15) is 19.3 Å². The maximum atomic E-state index is 11.0. The van der Waals surface area contributed by atoms with E-state index < -0.39 is 0 Å². The minimum absolute atomic E-state index is 0.138. The van der Waals surface area contributed by atoms with E-state index in [2.05, 4.69) is 11.4 Å². The Balaban J connectivity index is 2.46. The molecule has 0 aliphatic heterocycles. The van der Waals surface area contributed by atoms with Gasteiger partial charge in [0.25, 0.3) is 0 Å². The lowest BCUT2D eigenvalue weighted by molar-refractivity contribution is -0.123. The van der Waals surface area contributed by atoms with Crippen LogP contribution in [0.3, 0.4) is 0 Å². The van der Waals surface area contributed by atoms with Gasteiger partial charge in [-0.3, -0.25) is 4.79 Å². The van der Waals surface area contributed by atoms with Gasteiger partial charge in [-0.15, -0.1) is 0 Å². The van der Waals surface area contributed by atoms with Gasteiger partial charge in [-0.05, 0) is 19.3 Å². The van der Waals surface area contributed by atoms with Crippen molar-refractivity contribution in [2.24, 2.45) is 5.92 Å². The van der Waals surface area contributed by atoms with Crippen LogP contribution in [-0.2, 0) is 4.79 Å². The Labute approximate surface area is 61.3 Å². The van der Waals surface area contributed by atoms with E-state index in [1.54, 1.807) is 7.05 Å². The summed E-state index contributed by atoms with van der Waals surface area (Å²) in [5.74, 6) is 0.287. The third-order valence-electron chi connectivity index (χ3n) is 1.84. The molecule has 1 N–H and O–H groups in total. The highest BCUT2D eigenvalue weighted by atomic mass is 16.1. The van der Waals surface area contributed by atoms with Crippen molar-refractivity contribution in [3.05, 3.63) is 12.2 Å². The number of nitrogens with one attached hydrogen (secondary N) is 1. The fraction of sp³-hybridized carbons (Fsp3) is 0.625. The molecule has 1 aliphatic carbocycles. The molecule has 0 radical (unpaired) electrons. The molecular formula is C8H13NO. The summed E-state index contributed by atoms with van der Waals surface area (Å²) >= 11 is 0. The van der Waals surface area contributed by atoms with Gasteiger partial charge in [-0.25, -0.2) is 0 Å². The van der Waals surface area contributed by atoms with Gasteiger partial charge in [0, 0.05) is 7.05 Å². The van der Waals surface area contributed by atoms with Crippen molar-refractivity contribution in [1.82, 2.24) is 5.32 Å². The third kappa shape index (κ3) is 1.59. The highest BCUT2D eigenvalue weighted by Crippen LogP contribution is 2.16. The summed E-state index contributed by atoms with van der Waals surface area (Å²) in [6.45, 7) is 0. The monoisotopic (exact) mass is 139 g/mol. The molecule has 1 aliphatic rings. The van der Waals surface area contributed by atoms with Gasteiger partial charge in [0.1, 0.15) is 0 Å². The SMILES string of the molecule is CNC(=O)[C@H]1C=CCCC1. The van der Waals surface area contributed by atoms with E-state index in [0.717, 1.165) is 19.3 Å². The predicted molar refractivity (Wildman–Crippen MR) is 40.5 cm³/mol. The first-order chi connectivity index (χ1) is 4.84. The van der Waals surface area contributed by atoms with E-state index in [4.69, 9.17) is 0 Å². The van der Waals surface area contributed by atoms with Crippen LogP contribution in [0, 0.1) is 5.92 Å². The first-order valence-electron chi connectivity index (χ1n) is 3.73. The lowest BCUT2D eigenvalue weighted by atomic mass is 9.95. The second-order valence-electron chi connectivity index (χ2n) is 2.58. The molecule has 0 aromatic rings. The molecule has 2 nitrogen and oxygen atoms in total. The zero-order chi connectivity index (χ0) is 7.40. The Bertz CT molecular complexity index is 151. The summed E-state index contributed by atoms with van der Waals surface area (Å²) in [6, 6.07) is 0. The maximum Gasteiger partial charge on any atom is 0.226 e. The van der Waals surface area contributed by atoms with Crippen LogP contribution in [0.15, 0.2) is 12.2 Å². The first-order valence-corrected chi connectivity index (χ1v) is 3.73. The second kappa shape index (κ2) is 3.40. The van der Waals surface area contributed by atoms with E-state index in [0.29, 0.717) is 0 Å². The van der Waals surface area contributed by atoms with Crippen molar-refractivity contribution in [2.45, 2.75) is 19.3 Å². The molecule has 1 rings (SSSR count). The molecule has 2 heteroatoms. The summed E-state index contributed by atoms with van der Waals surface area (Å²) in [4.78, 5) is 11.0. The summed E-state index contributed by atoms with van der Waals surface area (Å²) in [7, 11) is 1.69. The van der Waals surface area contributed by atoms with Gasteiger partial charge in [0.2, 0.25) is 5.91 Å². The molecule has 1 amide bonds. The smallest absolute Gasteiger partial charge is 0.226 e. The Morgan fingerprint density at radius 1 is 1.70 bits per heavy atom. The summed E-state index contributed by atoms with van der Waals surface area (Å²) < 4.78 is 0. The van der Waals surface area contributed by atoms with Crippen LogP contribution in [-0.4, -0.2) is 13.0 Å². The quantitative estimate of drug-likeness (QED) is 0.541. The lowest BCUT2D eigenvalue weighted by Gasteiger charge is -2.13. The van der Waals surface area contributed by atoms with Crippen molar-refractivity contribution in [2.75, 3.05) is 7.05 Å². The van der Waals surface area contributed by atoms with Gasteiger partial charge >= 0.3 is 0 Å². The van der Waals surface area contributed by atoms with Crippen molar-refractivity contribution in [3.63, 3.8) is 0 Å². The summed E-state index contributed by atoms with van der Waals surface area (Å²) in [6.07, 6.45) is 7.38.